The van der Waals surface area contributed by atoms with Crippen molar-refractivity contribution in [2.24, 2.45) is 17.8 Å². The molecule has 0 aromatic carbocycles. The number of aromatic nitrogens is 1. The van der Waals surface area contributed by atoms with Gasteiger partial charge in [0.25, 0.3) is 5.91 Å². The van der Waals surface area contributed by atoms with Crippen LogP contribution < -0.4 is 5.32 Å². The van der Waals surface area contributed by atoms with Crippen LogP contribution in [-0.2, 0) is 0 Å². The van der Waals surface area contributed by atoms with Gasteiger partial charge in [0.15, 0.2) is 0 Å². The molecule has 5 rings (SSSR count). The first-order chi connectivity index (χ1) is 9.62. The van der Waals surface area contributed by atoms with Crippen molar-refractivity contribution in [1.82, 2.24) is 10.3 Å². The third-order valence-corrected chi connectivity index (χ3v) is 5.63. The van der Waals surface area contributed by atoms with Crippen molar-refractivity contribution in [3.8, 4) is 0 Å². The average molecular weight is 291 g/mol. The summed E-state index contributed by atoms with van der Waals surface area (Å²) in [5.74, 6) is 2.52. The van der Waals surface area contributed by atoms with Gasteiger partial charge in [0.05, 0.1) is 5.56 Å². The Bertz CT molecular complexity index is 505. The van der Waals surface area contributed by atoms with Crippen LogP contribution in [0, 0.1) is 17.8 Å². The Balaban J connectivity index is 1.53. The van der Waals surface area contributed by atoms with E-state index in [0.29, 0.717) is 10.7 Å². The van der Waals surface area contributed by atoms with Crippen LogP contribution in [0.15, 0.2) is 18.3 Å². The summed E-state index contributed by atoms with van der Waals surface area (Å²) in [6.07, 6.45) is 9.24. The molecule has 0 aliphatic heterocycles. The van der Waals surface area contributed by atoms with Crippen molar-refractivity contribution in [3.05, 3.63) is 29.0 Å². The van der Waals surface area contributed by atoms with Crippen molar-refractivity contribution >= 4 is 17.5 Å². The van der Waals surface area contributed by atoms with Crippen molar-refractivity contribution in [2.75, 3.05) is 0 Å². The SMILES string of the molecule is O=C(NC12CC3CC(CC(C3)C1)C2)c1ccc(Cl)nc1. The number of hydrogen-bond acceptors (Lipinski definition) is 2. The van der Waals surface area contributed by atoms with Gasteiger partial charge in [-0.15, -0.1) is 0 Å². The predicted octanol–water partition coefficient (Wildman–Crippen LogP) is 3.43. The number of amides is 1. The Kier molecular flexibility index (Phi) is 2.81. The average Bonchev–Trinajstić information content (AvgIpc) is 2.37. The van der Waals surface area contributed by atoms with Crippen LogP contribution in [-0.4, -0.2) is 16.4 Å². The molecule has 1 aromatic rings. The fourth-order valence-electron chi connectivity index (χ4n) is 5.09. The largest absolute Gasteiger partial charge is 0.347 e. The minimum Gasteiger partial charge on any atom is -0.347 e. The summed E-state index contributed by atoms with van der Waals surface area (Å²) in [7, 11) is 0. The van der Waals surface area contributed by atoms with Crippen LogP contribution in [0.2, 0.25) is 5.15 Å². The van der Waals surface area contributed by atoms with E-state index in [0.717, 1.165) is 17.8 Å². The molecule has 4 saturated carbocycles. The van der Waals surface area contributed by atoms with Crippen molar-refractivity contribution in [3.63, 3.8) is 0 Å². The number of carbonyl (C=O) groups is 1. The number of nitrogens with zero attached hydrogens (tertiary/aromatic N) is 1. The molecule has 4 fully saturated rings. The topological polar surface area (TPSA) is 42.0 Å². The first-order valence-corrected chi connectivity index (χ1v) is 7.94. The molecular formula is C16H19ClN2O. The second-order valence-electron chi connectivity index (χ2n) is 7.02. The normalized spacial score (nSPS) is 38.0. The van der Waals surface area contributed by atoms with Gasteiger partial charge in [-0.25, -0.2) is 4.98 Å². The van der Waals surface area contributed by atoms with Crippen LogP contribution in [0.25, 0.3) is 0 Å². The molecule has 0 radical (unpaired) electrons. The Morgan fingerprint density at radius 1 is 1.15 bits per heavy atom. The number of rotatable bonds is 2. The van der Waals surface area contributed by atoms with Gasteiger partial charge in [0, 0.05) is 11.7 Å². The number of pyridine rings is 1. The molecule has 0 saturated heterocycles. The maximum absolute atomic E-state index is 12.4. The van der Waals surface area contributed by atoms with Gasteiger partial charge >= 0.3 is 0 Å². The Morgan fingerprint density at radius 3 is 2.25 bits per heavy atom. The monoisotopic (exact) mass is 290 g/mol. The molecule has 1 N–H and O–H groups in total. The second-order valence-corrected chi connectivity index (χ2v) is 7.41. The van der Waals surface area contributed by atoms with E-state index in [1.54, 1.807) is 18.3 Å². The minimum absolute atomic E-state index is 0.0103. The van der Waals surface area contributed by atoms with Crippen LogP contribution >= 0.6 is 11.6 Å². The molecule has 1 amide bonds. The maximum atomic E-state index is 12.4. The van der Waals surface area contributed by atoms with Crippen molar-refractivity contribution < 1.29 is 4.79 Å². The molecule has 106 valence electrons. The summed E-state index contributed by atoms with van der Waals surface area (Å²) in [6, 6.07) is 3.43. The number of nitrogens with one attached hydrogen (secondary N) is 1. The predicted molar refractivity (Wildman–Crippen MR) is 77.6 cm³/mol. The lowest BCUT2D eigenvalue weighted by Gasteiger charge is -2.56. The van der Waals surface area contributed by atoms with Crippen LogP contribution in [0.5, 0.6) is 0 Å². The van der Waals surface area contributed by atoms with Crippen LogP contribution in [0.1, 0.15) is 48.9 Å². The van der Waals surface area contributed by atoms with E-state index < -0.39 is 0 Å². The summed E-state index contributed by atoms with van der Waals surface area (Å²) in [5, 5.41) is 3.77. The first-order valence-electron chi connectivity index (χ1n) is 7.56. The lowest BCUT2D eigenvalue weighted by Crippen LogP contribution is -2.59. The zero-order valence-electron chi connectivity index (χ0n) is 11.4. The highest BCUT2D eigenvalue weighted by atomic mass is 35.5. The second kappa shape index (κ2) is 4.45. The molecule has 0 unspecified atom stereocenters. The fraction of sp³-hybridized carbons (Fsp3) is 0.625. The van der Waals surface area contributed by atoms with Crippen LogP contribution in [0.4, 0.5) is 0 Å². The Hall–Kier alpha value is -1.09. The Labute approximate surface area is 124 Å². The van der Waals surface area contributed by atoms with Crippen molar-refractivity contribution in [2.45, 2.75) is 44.1 Å². The molecule has 4 aliphatic rings. The molecule has 0 atom stereocenters. The van der Waals surface area contributed by atoms with Crippen LogP contribution in [0.3, 0.4) is 0 Å². The highest BCUT2D eigenvalue weighted by Gasteiger charge is 2.51. The smallest absolute Gasteiger partial charge is 0.253 e. The fourth-order valence-corrected chi connectivity index (χ4v) is 5.20. The molecule has 4 bridgehead atoms. The van der Waals surface area contributed by atoms with Gasteiger partial charge in [-0.05, 0) is 68.4 Å². The quantitative estimate of drug-likeness (QED) is 0.848. The summed E-state index contributed by atoms with van der Waals surface area (Å²) < 4.78 is 0. The maximum Gasteiger partial charge on any atom is 0.253 e. The van der Waals surface area contributed by atoms with Gasteiger partial charge in [-0.2, -0.15) is 0 Å². The highest BCUT2D eigenvalue weighted by Crippen LogP contribution is 2.55. The standard InChI is InChI=1S/C16H19ClN2O/c17-14-2-1-13(9-18-14)15(20)19-16-6-10-3-11(7-16)5-12(4-10)8-16/h1-2,9-12H,3-8H2,(H,19,20). The third-order valence-electron chi connectivity index (χ3n) is 5.41. The van der Waals surface area contributed by atoms with E-state index in [1.807, 2.05) is 0 Å². The Morgan fingerprint density at radius 2 is 1.75 bits per heavy atom. The molecule has 1 aromatic heterocycles. The van der Waals surface area contributed by atoms with E-state index in [-0.39, 0.29) is 11.4 Å². The summed E-state index contributed by atoms with van der Waals surface area (Å²) in [5.41, 5.74) is 0.677. The number of carbonyl (C=O) groups excluding carboxylic acids is 1. The van der Waals surface area contributed by atoms with Gasteiger partial charge in [0.1, 0.15) is 5.15 Å². The molecular weight excluding hydrogens is 272 g/mol. The zero-order valence-corrected chi connectivity index (χ0v) is 12.2. The summed E-state index contributed by atoms with van der Waals surface area (Å²) >= 11 is 5.77. The third kappa shape index (κ3) is 2.12. The number of hydrogen-bond donors (Lipinski definition) is 1. The molecule has 3 nitrogen and oxygen atoms in total. The van der Waals surface area contributed by atoms with E-state index in [1.165, 1.54) is 38.5 Å². The van der Waals surface area contributed by atoms with Gasteiger partial charge in [-0.1, -0.05) is 11.6 Å². The van der Waals surface area contributed by atoms with E-state index >= 15 is 0 Å². The molecule has 20 heavy (non-hydrogen) atoms. The zero-order chi connectivity index (χ0) is 13.7. The summed E-state index contributed by atoms with van der Waals surface area (Å²) in [6.45, 7) is 0. The molecule has 1 heterocycles. The minimum atomic E-state index is 0.0103. The lowest BCUT2D eigenvalue weighted by molar-refractivity contribution is -0.0167. The van der Waals surface area contributed by atoms with Gasteiger partial charge in [-0.3, -0.25) is 4.79 Å². The molecule has 0 spiro atoms. The molecule has 4 heteroatoms. The van der Waals surface area contributed by atoms with E-state index in [4.69, 9.17) is 11.6 Å². The summed E-state index contributed by atoms with van der Waals surface area (Å²) in [4.78, 5) is 16.4. The van der Waals surface area contributed by atoms with Crippen molar-refractivity contribution in [1.29, 1.82) is 0 Å². The molecule has 4 aliphatic carbocycles. The first kappa shape index (κ1) is 12.6. The number of halogens is 1. The van der Waals surface area contributed by atoms with E-state index in [2.05, 4.69) is 10.3 Å². The highest BCUT2D eigenvalue weighted by molar-refractivity contribution is 6.29. The van der Waals surface area contributed by atoms with Gasteiger partial charge < -0.3 is 5.32 Å². The lowest BCUT2D eigenvalue weighted by atomic mass is 9.53. The van der Waals surface area contributed by atoms with E-state index in [9.17, 15) is 4.79 Å². The van der Waals surface area contributed by atoms with Gasteiger partial charge in [0.2, 0.25) is 0 Å².